The van der Waals surface area contributed by atoms with E-state index in [1.54, 1.807) is 18.0 Å². The number of carbonyl (C=O) groups is 2. The van der Waals surface area contributed by atoms with Crippen molar-refractivity contribution in [3.8, 4) is 0 Å². The number of rotatable bonds is 5. The zero-order valence-electron chi connectivity index (χ0n) is 11.5. The summed E-state index contributed by atoms with van der Waals surface area (Å²) < 4.78 is 0. The van der Waals surface area contributed by atoms with Crippen LogP contribution in [0.4, 0.5) is 4.79 Å². The molecule has 1 aromatic rings. The van der Waals surface area contributed by atoms with Gasteiger partial charge in [0.05, 0.1) is 5.92 Å². The van der Waals surface area contributed by atoms with Crippen molar-refractivity contribution in [3.63, 3.8) is 0 Å². The molecular formula is C14H19N3O3. The zero-order valence-corrected chi connectivity index (χ0v) is 11.5. The Hall–Kier alpha value is -2.11. The van der Waals surface area contributed by atoms with E-state index in [1.807, 2.05) is 18.2 Å². The molecule has 0 spiro atoms. The number of hydrogen-bond acceptors (Lipinski definition) is 3. The van der Waals surface area contributed by atoms with Crippen LogP contribution in [0.3, 0.4) is 0 Å². The predicted molar refractivity (Wildman–Crippen MR) is 73.2 cm³/mol. The summed E-state index contributed by atoms with van der Waals surface area (Å²) in [5.74, 6) is -1.13. The molecule has 0 aromatic carbocycles. The summed E-state index contributed by atoms with van der Waals surface area (Å²) in [5.41, 5.74) is 0.939. The maximum absolute atomic E-state index is 11.8. The molecule has 0 bridgehead atoms. The van der Waals surface area contributed by atoms with Crippen molar-refractivity contribution in [1.29, 1.82) is 0 Å². The van der Waals surface area contributed by atoms with Crippen molar-refractivity contribution in [2.75, 3.05) is 19.6 Å². The summed E-state index contributed by atoms with van der Waals surface area (Å²) in [5, 5.41) is 11.7. The maximum atomic E-state index is 11.8. The standard InChI is InChI=1S/C14H19N3O3/c1-10(13(18)19)11-8-17(9-11)14(20)16-7-5-12-4-2-3-6-15-12/h2-4,6,10-11H,5,7-9H2,1H3,(H,16,20)(H,18,19). The van der Waals surface area contributed by atoms with Gasteiger partial charge in [-0.15, -0.1) is 0 Å². The third-order valence-corrected chi connectivity index (χ3v) is 3.68. The largest absolute Gasteiger partial charge is 0.481 e. The van der Waals surface area contributed by atoms with Crippen LogP contribution in [0.1, 0.15) is 12.6 Å². The monoisotopic (exact) mass is 277 g/mol. The molecule has 6 heteroatoms. The lowest BCUT2D eigenvalue weighted by Gasteiger charge is -2.41. The van der Waals surface area contributed by atoms with E-state index in [4.69, 9.17) is 5.11 Å². The Labute approximate surface area is 117 Å². The Morgan fingerprint density at radius 1 is 1.50 bits per heavy atom. The van der Waals surface area contributed by atoms with Crippen LogP contribution >= 0.6 is 0 Å². The Kier molecular flexibility index (Phi) is 4.55. The minimum Gasteiger partial charge on any atom is -0.481 e. The van der Waals surface area contributed by atoms with Gasteiger partial charge in [0, 0.05) is 43.9 Å². The lowest BCUT2D eigenvalue weighted by molar-refractivity contribution is -0.144. The summed E-state index contributed by atoms with van der Waals surface area (Å²) >= 11 is 0. The van der Waals surface area contributed by atoms with Gasteiger partial charge in [0.25, 0.3) is 0 Å². The first-order valence-electron chi connectivity index (χ1n) is 6.73. The van der Waals surface area contributed by atoms with Crippen LogP contribution in [-0.2, 0) is 11.2 Å². The highest BCUT2D eigenvalue weighted by Crippen LogP contribution is 2.23. The lowest BCUT2D eigenvalue weighted by Crippen LogP contribution is -2.56. The number of nitrogens with one attached hydrogen (secondary N) is 1. The fraction of sp³-hybridized carbons (Fsp3) is 0.500. The third kappa shape index (κ3) is 3.46. The van der Waals surface area contributed by atoms with Crippen LogP contribution in [0.15, 0.2) is 24.4 Å². The van der Waals surface area contributed by atoms with E-state index < -0.39 is 11.9 Å². The number of hydrogen-bond donors (Lipinski definition) is 2. The van der Waals surface area contributed by atoms with Gasteiger partial charge in [0.15, 0.2) is 0 Å². The SMILES string of the molecule is CC(C(=O)O)C1CN(C(=O)NCCc2ccccn2)C1. The minimum absolute atomic E-state index is 0.0639. The van der Waals surface area contributed by atoms with Gasteiger partial charge in [-0.25, -0.2) is 4.79 Å². The fourth-order valence-electron chi connectivity index (χ4n) is 2.15. The molecule has 6 nitrogen and oxygen atoms in total. The second-order valence-electron chi connectivity index (χ2n) is 5.09. The van der Waals surface area contributed by atoms with Gasteiger partial charge in [-0.05, 0) is 12.1 Å². The molecule has 1 aromatic heterocycles. The highest BCUT2D eigenvalue weighted by Gasteiger charge is 2.36. The van der Waals surface area contributed by atoms with E-state index in [0.29, 0.717) is 26.1 Å². The first-order chi connectivity index (χ1) is 9.58. The molecule has 1 fully saturated rings. The number of carboxylic acid groups (broad SMARTS) is 1. The molecule has 108 valence electrons. The number of pyridine rings is 1. The minimum atomic E-state index is -0.801. The highest BCUT2D eigenvalue weighted by molar-refractivity contribution is 5.76. The quantitative estimate of drug-likeness (QED) is 0.840. The number of urea groups is 1. The average Bonchev–Trinajstić information content (AvgIpc) is 2.38. The highest BCUT2D eigenvalue weighted by atomic mass is 16.4. The molecule has 0 saturated carbocycles. The van der Waals surface area contributed by atoms with Crippen LogP contribution in [0, 0.1) is 11.8 Å². The molecule has 1 atom stereocenters. The Balaban J connectivity index is 1.66. The lowest BCUT2D eigenvalue weighted by atomic mass is 9.87. The summed E-state index contributed by atoms with van der Waals surface area (Å²) in [6.07, 6.45) is 2.42. The Morgan fingerprint density at radius 3 is 2.85 bits per heavy atom. The van der Waals surface area contributed by atoms with Gasteiger partial charge in [-0.1, -0.05) is 13.0 Å². The van der Waals surface area contributed by atoms with Crippen molar-refractivity contribution in [2.45, 2.75) is 13.3 Å². The molecule has 20 heavy (non-hydrogen) atoms. The molecule has 0 radical (unpaired) electrons. The molecule has 0 aliphatic carbocycles. The number of nitrogens with zero attached hydrogens (tertiary/aromatic N) is 2. The van der Waals surface area contributed by atoms with Gasteiger partial charge >= 0.3 is 12.0 Å². The van der Waals surface area contributed by atoms with Crippen molar-refractivity contribution in [2.24, 2.45) is 11.8 Å². The molecule has 2 amide bonds. The smallest absolute Gasteiger partial charge is 0.317 e. The fourth-order valence-corrected chi connectivity index (χ4v) is 2.15. The van der Waals surface area contributed by atoms with Crippen LogP contribution in [0.25, 0.3) is 0 Å². The molecule has 1 saturated heterocycles. The van der Waals surface area contributed by atoms with Crippen molar-refractivity contribution >= 4 is 12.0 Å². The third-order valence-electron chi connectivity index (χ3n) is 3.68. The number of likely N-dealkylation sites (tertiary alicyclic amines) is 1. The van der Waals surface area contributed by atoms with E-state index >= 15 is 0 Å². The molecule has 2 N–H and O–H groups in total. The zero-order chi connectivity index (χ0) is 14.5. The topological polar surface area (TPSA) is 82.5 Å². The normalized spacial score (nSPS) is 16.4. The van der Waals surface area contributed by atoms with Crippen molar-refractivity contribution in [1.82, 2.24) is 15.2 Å². The van der Waals surface area contributed by atoms with Crippen LogP contribution in [0.5, 0.6) is 0 Å². The van der Waals surface area contributed by atoms with Crippen LogP contribution in [-0.4, -0.2) is 46.6 Å². The predicted octanol–water partition coefficient (Wildman–Crippen LogP) is 0.986. The second kappa shape index (κ2) is 6.36. The number of carbonyl (C=O) groups excluding carboxylic acids is 1. The van der Waals surface area contributed by atoms with Gasteiger partial charge in [0.1, 0.15) is 0 Å². The van der Waals surface area contributed by atoms with Crippen LogP contribution in [0.2, 0.25) is 0 Å². The summed E-state index contributed by atoms with van der Waals surface area (Å²) in [7, 11) is 0. The molecule has 2 heterocycles. The first-order valence-corrected chi connectivity index (χ1v) is 6.73. The van der Waals surface area contributed by atoms with Crippen molar-refractivity contribution in [3.05, 3.63) is 30.1 Å². The van der Waals surface area contributed by atoms with Crippen molar-refractivity contribution < 1.29 is 14.7 Å². The van der Waals surface area contributed by atoms with Gasteiger partial charge in [-0.3, -0.25) is 9.78 Å². The van der Waals surface area contributed by atoms with Gasteiger partial charge < -0.3 is 15.3 Å². The summed E-state index contributed by atoms with van der Waals surface area (Å²) in [4.78, 5) is 28.4. The van der Waals surface area contributed by atoms with E-state index in [2.05, 4.69) is 10.3 Å². The molecule has 1 aliphatic rings. The Bertz CT molecular complexity index is 472. The maximum Gasteiger partial charge on any atom is 0.317 e. The molecule has 2 rings (SSSR count). The first kappa shape index (κ1) is 14.3. The Morgan fingerprint density at radius 2 is 2.25 bits per heavy atom. The molecule has 1 aliphatic heterocycles. The number of aliphatic carboxylic acids is 1. The number of aromatic nitrogens is 1. The number of carboxylic acids is 1. The van der Waals surface area contributed by atoms with Gasteiger partial charge in [0.2, 0.25) is 0 Å². The summed E-state index contributed by atoms with van der Waals surface area (Å²) in [6, 6.07) is 5.55. The van der Waals surface area contributed by atoms with E-state index in [-0.39, 0.29) is 11.9 Å². The molecule has 1 unspecified atom stereocenters. The van der Waals surface area contributed by atoms with E-state index in [1.165, 1.54) is 0 Å². The summed E-state index contributed by atoms with van der Waals surface area (Å²) in [6.45, 7) is 3.25. The van der Waals surface area contributed by atoms with Crippen LogP contribution < -0.4 is 5.32 Å². The van der Waals surface area contributed by atoms with Gasteiger partial charge in [-0.2, -0.15) is 0 Å². The molecular weight excluding hydrogens is 258 g/mol. The number of amides is 2. The average molecular weight is 277 g/mol. The van der Waals surface area contributed by atoms with E-state index in [0.717, 1.165) is 5.69 Å². The second-order valence-corrected chi connectivity index (χ2v) is 5.09. The van der Waals surface area contributed by atoms with E-state index in [9.17, 15) is 9.59 Å².